The molecule has 94 valence electrons. The third-order valence-electron chi connectivity index (χ3n) is 2.61. The van der Waals surface area contributed by atoms with Gasteiger partial charge in [0.05, 0.1) is 18.1 Å². The van der Waals surface area contributed by atoms with E-state index in [1.54, 1.807) is 12.4 Å². The molecule has 3 nitrogen and oxygen atoms in total. The van der Waals surface area contributed by atoms with E-state index in [0.717, 1.165) is 35.7 Å². The van der Waals surface area contributed by atoms with Gasteiger partial charge in [-0.3, -0.25) is 4.98 Å². The Balaban J connectivity index is 2.12. The van der Waals surface area contributed by atoms with Gasteiger partial charge in [-0.25, -0.2) is 0 Å². The largest absolute Gasteiger partial charge is 0.455 e. The van der Waals surface area contributed by atoms with Gasteiger partial charge < -0.3 is 10.1 Å². The molecular weight excluding hydrogens is 224 g/mol. The smallest absolute Gasteiger partial charge is 0.147 e. The van der Waals surface area contributed by atoms with Crippen LogP contribution in [0.15, 0.2) is 42.7 Å². The Morgan fingerprint density at radius 2 is 2.06 bits per heavy atom. The molecule has 18 heavy (non-hydrogen) atoms. The molecular formula is C15H18N2O. The molecule has 1 N–H and O–H groups in total. The normalized spacial score (nSPS) is 10.1. The van der Waals surface area contributed by atoms with Gasteiger partial charge in [0.2, 0.25) is 0 Å². The Labute approximate surface area is 108 Å². The van der Waals surface area contributed by atoms with Crippen molar-refractivity contribution in [3.8, 4) is 11.5 Å². The van der Waals surface area contributed by atoms with E-state index in [-0.39, 0.29) is 0 Å². The molecule has 0 bridgehead atoms. The first-order chi connectivity index (χ1) is 8.79. The topological polar surface area (TPSA) is 34.2 Å². The molecule has 0 unspecified atom stereocenters. The Morgan fingerprint density at radius 1 is 1.22 bits per heavy atom. The summed E-state index contributed by atoms with van der Waals surface area (Å²) in [6, 6.07) is 9.92. The number of benzene rings is 1. The van der Waals surface area contributed by atoms with Crippen LogP contribution in [0, 0.1) is 6.92 Å². The lowest BCUT2D eigenvalue weighted by atomic mass is 10.2. The fourth-order valence-electron chi connectivity index (χ4n) is 1.64. The molecule has 2 rings (SSSR count). The summed E-state index contributed by atoms with van der Waals surface area (Å²) in [5, 5.41) is 3.29. The molecule has 0 spiro atoms. The number of anilines is 1. The van der Waals surface area contributed by atoms with Crippen molar-refractivity contribution in [2.24, 2.45) is 0 Å². The highest BCUT2D eigenvalue weighted by molar-refractivity contribution is 5.46. The van der Waals surface area contributed by atoms with Crippen LogP contribution in [-0.2, 0) is 0 Å². The minimum Gasteiger partial charge on any atom is -0.455 e. The number of para-hydroxylation sites is 1. The number of pyridine rings is 1. The van der Waals surface area contributed by atoms with Crippen LogP contribution in [0.25, 0.3) is 0 Å². The van der Waals surface area contributed by atoms with E-state index in [0.29, 0.717) is 0 Å². The van der Waals surface area contributed by atoms with Crippen LogP contribution in [0.3, 0.4) is 0 Å². The van der Waals surface area contributed by atoms with Crippen molar-refractivity contribution >= 4 is 5.69 Å². The summed E-state index contributed by atoms with van der Waals surface area (Å²) in [6.07, 6.45) is 4.62. The zero-order valence-corrected chi connectivity index (χ0v) is 10.8. The monoisotopic (exact) mass is 242 g/mol. The summed E-state index contributed by atoms with van der Waals surface area (Å²) in [7, 11) is 0. The molecule has 0 radical (unpaired) electrons. The fraction of sp³-hybridized carbons (Fsp3) is 0.267. The molecule has 0 atom stereocenters. The lowest BCUT2D eigenvalue weighted by molar-refractivity contribution is 0.477. The summed E-state index contributed by atoms with van der Waals surface area (Å²) in [4.78, 5) is 4.18. The number of nitrogens with one attached hydrogen (secondary N) is 1. The molecule has 0 amide bonds. The van der Waals surface area contributed by atoms with Gasteiger partial charge in [0.15, 0.2) is 0 Å². The first-order valence-electron chi connectivity index (χ1n) is 6.22. The minimum atomic E-state index is 0.755. The zero-order chi connectivity index (χ0) is 12.8. The van der Waals surface area contributed by atoms with Crippen LogP contribution in [0.5, 0.6) is 11.5 Å². The summed E-state index contributed by atoms with van der Waals surface area (Å²) in [5.41, 5.74) is 2.10. The highest BCUT2D eigenvalue weighted by Crippen LogP contribution is 2.25. The maximum Gasteiger partial charge on any atom is 0.147 e. The number of nitrogens with zero attached hydrogens (tertiary/aromatic N) is 1. The number of aromatic nitrogens is 1. The molecule has 3 heteroatoms. The second-order valence-corrected chi connectivity index (χ2v) is 4.20. The van der Waals surface area contributed by atoms with E-state index in [2.05, 4.69) is 17.2 Å². The zero-order valence-electron chi connectivity index (χ0n) is 10.8. The van der Waals surface area contributed by atoms with E-state index in [1.165, 1.54) is 0 Å². The molecule has 1 aromatic heterocycles. The summed E-state index contributed by atoms with van der Waals surface area (Å²) in [6.45, 7) is 5.10. The van der Waals surface area contributed by atoms with Gasteiger partial charge in [0.25, 0.3) is 0 Å². The number of ether oxygens (including phenoxy) is 1. The highest BCUT2D eigenvalue weighted by atomic mass is 16.5. The van der Waals surface area contributed by atoms with Crippen LogP contribution in [0.1, 0.15) is 18.9 Å². The Kier molecular flexibility index (Phi) is 4.18. The molecule has 0 fully saturated rings. The molecule has 2 aromatic rings. The summed E-state index contributed by atoms with van der Waals surface area (Å²) in [5.74, 6) is 1.62. The first kappa shape index (κ1) is 12.4. The average molecular weight is 242 g/mol. The van der Waals surface area contributed by atoms with Gasteiger partial charge in [-0.1, -0.05) is 25.1 Å². The summed E-state index contributed by atoms with van der Waals surface area (Å²) < 4.78 is 5.83. The van der Waals surface area contributed by atoms with E-state index in [9.17, 15) is 0 Å². The Morgan fingerprint density at radius 3 is 2.83 bits per heavy atom. The quantitative estimate of drug-likeness (QED) is 0.860. The van der Waals surface area contributed by atoms with Crippen LogP contribution < -0.4 is 10.1 Å². The highest BCUT2D eigenvalue weighted by Gasteiger charge is 2.01. The molecule has 0 aliphatic heterocycles. The number of hydrogen-bond acceptors (Lipinski definition) is 3. The third kappa shape index (κ3) is 3.23. The average Bonchev–Trinajstić information content (AvgIpc) is 2.40. The van der Waals surface area contributed by atoms with Crippen LogP contribution in [0.2, 0.25) is 0 Å². The van der Waals surface area contributed by atoms with Crippen molar-refractivity contribution in [2.45, 2.75) is 20.3 Å². The molecule has 0 saturated carbocycles. The van der Waals surface area contributed by atoms with Crippen molar-refractivity contribution in [3.63, 3.8) is 0 Å². The molecule has 1 heterocycles. The van der Waals surface area contributed by atoms with Gasteiger partial charge in [-0.2, -0.15) is 0 Å². The Bertz CT molecular complexity index is 511. The maximum atomic E-state index is 5.83. The number of hydrogen-bond donors (Lipinski definition) is 1. The van der Waals surface area contributed by atoms with Gasteiger partial charge in [-0.15, -0.1) is 0 Å². The van der Waals surface area contributed by atoms with Crippen molar-refractivity contribution in [2.75, 3.05) is 11.9 Å². The second kappa shape index (κ2) is 6.05. The lowest BCUT2D eigenvalue weighted by Gasteiger charge is -2.10. The SMILES string of the molecule is CCCNc1cncc(Oc2ccccc2C)c1. The third-order valence-corrected chi connectivity index (χ3v) is 2.61. The predicted octanol–water partition coefficient (Wildman–Crippen LogP) is 4.00. The second-order valence-electron chi connectivity index (χ2n) is 4.20. The van der Waals surface area contributed by atoms with Gasteiger partial charge in [0, 0.05) is 12.6 Å². The van der Waals surface area contributed by atoms with Gasteiger partial charge >= 0.3 is 0 Å². The molecule has 0 aliphatic rings. The molecule has 0 aliphatic carbocycles. The van der Waals surface area contributed by atoms with E-state index in [4.69, 9.17) is 4.74 Å². The standard InChI is InChI=1S/C15H18N2O/c1-3-8-17-13-9-14(11-16-10-13)18-15-7-5-4-6-12(15)2/h4-7,9-11,17H,3,8H2,1-2H3. The van der Waals surface area contributed by atoms with Crippen molar-refractivity contribution in [1.29, 1.82) is 0 Å². The molecule has 0 saturated heterocycles. The van der Waals surface area contributed by atoms with Crippen molar-refractivity contribution in [1.82, 2.24) is 4.98 Å². The first-order valence-corrected chi connectivity index (χ1v) is 6.22. The van der Waals surface area contributed by atoms with Crippen LogP contribution in [-0.4, -0.2) is 11.5 Å². The molecule has 1 aromatic carbocycles. The van der Waals surface area contributed by atoms with Crippen molar-refractivity contribution < 1.29 is 4.74 Å². The Hall–Kier alpha value is -2.03. The van der Waals surface area contributed by atoms with E-state index >= 15 is 0 Å². The van der Waals surface area contributed by atoms with Crippen LogP contribution >= 0.6 is 0 Å². The minimum absolute atomic E-state index is 0.755. The van der Waals surface area contributed by atoms with Crippen molar-refractivity contribution in [3.05, 3.63) is 48.3 Å². The fourth-order valence-corrected chi connectivity index (χ4v) is 1.64. The predicted molar refractivity (Wildman–Crippen MR) is 74.3 cm³/mol. The lowest BCUT2D eigenvalue weighted by Crippen LogP contribution is -2.00. The van der Waals surface area contributed by atoms with Gasteiger partial charge in [-0.05, 0) is 25.0 Å². The number of rotatable bonds is 5. The van der Waals surface area contributed by atoms with Gasteiger partial charge in [0.1, 0.15) is 11.5 Å². The van der Waals surface area contributed by atoms with E-state index < -0.39 is 0 Å². The van der Waals surface area contributed by atoms with E-state index in [1.807, 2.05) is 37.3 Å². The maximum absolute atomic E-state index is 5.83. The van der Waals surface area contributed by atoms with Crippen LogP contribution in [0.4, 0.5) is 5.69 Å². The number of aryl methyl sites for hydroxylation is 1. The summed E-state index contributed by atoms with van der Waals surface area (Å²) >= 11 is 0.